The number of alkyl halides is 1. The van der Waals surface area contributed by atoms with Crippen molar-refractivity contribution in [3.63, 3.8) is 0 Å². The minimum absolute atomic E-state index is 0.154. The third kappa shape index (κ3) is 4.60. The van der Waals surface area contributed by atoms with Gasteiger partial charge in [0.15, 0.2) is 0 Å². The van der Waals surface area contributed by atoms with Crippen molar-refractivity contribution in [1.29, 1.82) is 0 Å². The molecular weight excluding hydrogens is 334 g/mol. The maximum absolute atomic E-state index is 6.01. The lowest BCUT2D eigenvalue weighted by Crippen LogP contribution is -2.14. The van der Waals surface area contributed by atoms with Crippen LogP contribution >= 0.6 is 34.2 Å². The van der Waals surface area contributed by atoms with E-state index < -0.39 is 0 Å². The van der Waals surface area contributed by atoms with E-state index in [0.717, 1.165) is 22.3 Å². The third-order valence-corrected chi connectivity index (χ3v) is 3.49. The summed E-state index contributed by atoms with van der Waals surface area (Å²) in [6.45, 7) is 4.31. The number of hydrogen-bond acceptors (Lipinski definition) is 1. The second kappa shape index (κ2) is 7.51. The Morgan fingerprint density at radius 3 is 2.75 bits per heavy atom. The van der Waals surface area contributed by atoms with Crippen molar-refractivity contribution in [2.45, 2.75) is 38.9 Å². The first kappa shape index (κ1) is 14.3. The van der Waals surface area contributed by atoms with Crippen LogP contribution in [0.25, 0.3) is 0 Å². The highest BCUT2D eigenvalue weighted by atomic mass is 127. The standard InChI is InChI=1S/C13H18ClIO/c1-3-5-10(2)16-13(9-15)11-6-4-7-12(14)8-11/h4,6-8,10,13H,3,5,9H2,1-2H3. The molecule has 0 saturated carbocycles. The minimum atomic E-state index is 0.154. The van der Waals surface area contributed by atoms with E-state index in [-0.39, 0.29) is 6.10 Å². The molecule has 2 unspecified atom stereocenters. The fourth-order valence-corrected chi connectivity index (χ4v) is 2.58. The molecule has 0 N–H and O–H groups in total. The van der Waals surface area contributed by atoms with E-state index in [1.54, 1.807) is 0 Å². The summed E-state index contributed by atoms with van der Waals surface area (Å²) in [4.78, 5) is 0. The van der Waals surface area contributed by atoms with E-state index in [1.807, 2.05) is 18.2 Å². The highest BCUT2D eigenvalue weighted by Crippen LogP contribution is 2.25. The Morgan fingerprint density at radius 2 is 2.19 bits per heavy atom. The summed E-state index contributed by atoms with van der Waals surface area (Å²) in [5.74, 6) is 0. The smallest absolute Gasteiger partial charge is 0.0918 e. The van der Waals surface area contributed by atoms with Crippen molar-refractivity contribution in [2.24, 2.45) is 0 Å². The quantitative estimate of drug-likeness (QED) is 0.516. The monoisotopic (exact) mass is 352 g/mol. The van der Waals surface area contributed by atoms with Gasteiger partial charge >= 0.3 is 0 Å². The van der Waals surface area contributed by atoms with Crippen molar-refractivity contribution in [2.75, 3.05) is 4.43 Å². The SMILES string of the molecule is CCCC(C)OC(CI)c1cccc(Cl)c1. The first-order valence-electron chi connectivity index (χ1n) is 5.64. The molecular formula is C13H18ClIO. The van der Waals surface area contributed by atoms with Gasteiger partial charge in [0.1, 0.15) is 0 Å². The van der Waals surface area contributed by atoms with Crippen LogP contribution in [0.15, 0.2) is 24.3 Å². The van der Waals surface area contributed by atoms with Gasteiger partial charge in [-0.3, -0.25) is 0 Å². The Bertz CT molecular complexity index is 317. The third-order valence-electron chi connectivity index (χ3n) is 2.45. The van der Waals surface area contributed by atoms with Crippen LogP contribution in [0.4, 0.5) is 0 Å². The summed E-state index contributed by atoms with van der Waals surface area (Å²) in [6, 6.07) is 7.94. The summed E-state index contributed by atoms with van der Waals surface area (Å²) >= 11 is 8.34. The van der Waals surface area contributed by atoms with E-state index in [9.17, 15) is 0 Å². The fourth-order valence-electron chi connectivity index (χ4n) is 1.67. The van der Waals surface area contributed by atoms with Gasteiger partial charge in [-0.15, -0.1) is 0 Å². The van der Waals surface area contributed by atoms with Crippen molar-refractivity contribution < 1.29 is 4.74 Å². The summed E-state index contributed by atoms with van der Waals surface area (Å²) in [6.07, 6.45) is 2.72. The van der Waals surface area contributed by atoms with Crippen molar-refractivity contribution in [3.05, 3.63) is 34.9 Å². The average Bonchev–Trinajstić information content (AvgIpc) is 2.26. The van der Waals surface area contributed by atoms with Gasteiger partial charge in [0.05, 0.1) is 12.2 Å². The highest BCUT2D eigenvalue weighted by Gasteiger charge is 2.14. The van der Waals surface area contributed by atoms with Crippen LogP contribution in [0, 0.1) is 0 Å². The van der Waals surface area contributed by atoms with Crippen LogP contribution in [-0.4, -0.2) is 10.5 Å². The molecule has 1 aromatic carbocycles. The van der Waals surface area contributed by atoms with Crippen molar-refractivity contribution in [1.82, 2.24) is 0 Å². The van der Waals surface area contributed by atoms with E-state index in [0.29, 0.717) is 6.10 Å². The lowest BCUT2D eigenvalue weighted by Gasteiger charge is -2.21. The van der Waals surface area contributed by atoms with Crippen molar-refractivity contribution in [3.8, 4) is 0 Å². The molecule has 1 rings (SSSR count). The van der Waals surface area contributed by atoms with E-state index >= 15 is 0 Å². The first-order chi connectivity index (χ1) is 7.67. The molecule has 0 heterocycles. The molecule has 0 aromatic heterocycles. The molecule has 0 bridgehead atoms. The molecule has 0 aliphatic carbocycles. The van der Waals surface area contributed by atoms with Gasteiger partial charge in [-0.1, -0.05) is 59.7 Å². The summed E-state index contributed by atoms with van der Waals surface area (Å²) < 4.78 is 6.97. The van der Waals surface area contributed by atoms with Crippen molar-refractivity contribution >= 4 is 34.2 Å². The number of ether oxygens (including phenoxy) is 1. The lowest BCUT2D eigenvalue weighted by molar-refractivity contribution is 0.00681. The summed E-state index contributed by atoms with van der Waals surface area (Å²) in [5.41, 5.74) is 1.17. The fraction of sp³-hybridized carbons (Fsp3) is 0.538. The number of hydrogen-bond donors (Lipinski definition) is 0. The first-order valence-corrected chi connectivity index (χ1v) is 7.54. The van der Waals surface area contributed by atoms with Crippen LogP contribution in [0.1, 0.15) is 38.4 Å². The lowest BCUT2D eigenvalue weighted by atomic mass is 10.1. The summed E-state index contributed by atoms with van der Waals surface area (Å²) in [5, 5.41) is 0.777. The Balaban J connectivity index is 2.67. The number of rotatable bonds is 6. The van der Waals surface area contributed by atoms with Gasteiger partial charge in [0.2, 0.25) is 0 Å². The Kier molecular flexibility index (Phi) is 6.70. The van der Waals surface area contributed by atoms with Crippen LogP contribution in [-0.2, 0) is 4.74 Å². The van der Waals surface area contributed by atoms with Gasteiger partial charge in [0, 0.05) is 9.45 Å². The normalized spacial score (nSPS) is 14.8. The molecule has 1 nitrogen and oxygen atoms in total. The molecule has 0 amide bonds. The molecule has 3 heteroatoms. The van der Waals surface area contributed by atoms with Gasteiger partial charge < -0.3 is 4.74 Å². The predicted molar refractivity (Wildman–Crippen MR) is 78.5 cm³/mol. The Hall–Kier alpha value is 0.200. The maximum atomic E-state index is 6.01. The van der Waals surface area contributed by atoms with E-state index in [2.05, 4.69) is 42.5 Å². The van der Waals surface area contributed by atoms with E-state index in [1.165, 1.54) is 5.56 Å². The predicted octanol–water partition coefficient (Wildman–Crippen LogP) is 5.02. The maximum Gasteiger partial charge on any atom is 0.0918 e. The Labute approximate surface area is 117 Å². The molecule has 0 fully saturated rings. The molecule has 1 aromatic rings. The summed E-state index contributed by atoms with van der Waals surface area (Å²) in [7, 11) is 0. The van der Waals surface area contributed by atoms with Crippen LogP contribution in [0.2, 0.25) is 5.02 Å². The minimum Gasteiger partial charge on any atom is -0.370 e. The molecule has 90 valence electrons. The average molecular weight is 353 g/mol. The molecule has 0 aliphatic heterocycles. The Morgan fingerprint density at radius 1 is 1.44 bits per heavy atom. The van der Waals surface area contributed by atoms with Crippen LogP contribution in [0.5, 0.6) is 0 Å². The van der Waals surface area contributed by atoms with Gasteiger partial charge in [-0.2, -0.15) is 0 Å². The van der Waals surface area contributed by atoms with Gasteiger partial charge in [-0.05, 0) is 31.0 Å². The largest absolute Gasteiger partial charge is 0.370 e. The highest BCUT2D eigenvalue weighted by molar-refractivity contribution is 14.1. The number of benzene rings is 1. The zero-order valence-corrected chi connectivity index (χ0v) is 12.7. The number of halogens is 2. The van der Waals surface area contributed by atoms with Crippen LogP contribution in [0.3, 0.4) is 0 Å². The molecule has 2 atom stereocenters. The second-order valence-corrected chi connectivity index (χ2v) is 5.25. The molecule has 0 aliphatic rings. The molecule has 16 heavy (non-hydrogen) atoms. The zero-order valence-electron chi connectivity index (χ0n) is 9.75. The van der Waals surface area contributed by atoms with E-state index in [4.69, 9.17) is 16.3 Å². The molecule has 0 saturated heterocycles. The molecule has 0 spiro atoms. The second-order valence-electron chi connectivity index (χ2n) is 3.93. The molecule has 0 radical (unpaired) electrons. The van der Waals surface area contributed by atoms with Gasteiger partial charge in [-0.25, -0.2) is 0 Å². The van der Waals surface area contributed by atoms with Gasteiger partial charge in [0.25, 0.3) is 0 Å². The zero-order chi connectivity index (χ0) is 12.0. The topological polar surface area (TPSA) is 9.23 Å². The van der Waals surface area contributed by atoms with Crippen LogP contribution < -0.4 is 0 Å².